The van der Waals surface area contributed by atoms with Gasteiger partial charge in [-0.1, -0.05) is 56.3 Å². The zero-order valence-electron chi connectivity index (χ0n) is 21.0. The number of hydrogen-bond acceptors (Lipinski definition) is 4. The van der Waals surface area contributed by atoms with Crippen molar-refractivity contribution in [1.29, 1.82) is 0 Å². The Kier molecular flexibility index (Phi) is 8.81. The van der Waals surface area contributed by atoms with E-state index in [0.717, 1.165) is 72.6 Å². The van der Waals surface area contributed by atoms with Gasteiger partial charge in [-0.05, 0) is 67.9 Å². The minimum Gasteiger partial charge on any atom is -0.372 e. The van der Waals surface area contributed by atoms with Gasteiger partial charge in [0.2, 0.25) is 0 Å². The summed E-state index contributed by atoms with van der Waals surface area (Å²) in [6.45, 7) is 14.9. The number of aromatic nitrogens is 2. The van der Waals surface area contributed by atoms with Crippen LogP contribution in [-0.4, -0.2) is 45.9 Å². The summed E-state index contributed by atoms with van der Waals surface area (Å²) in [6.07, 6.45) is 11.6. The maximum atomic E-state index is 6.74. The molecule has 1 saturated heterocycles. The number of pyridine rings is 2. The van der Waals surface area contributed by atoms with E-state index in [1.165, 1.54) is 42.6 Å². The van der Waals surface area contributed by atoms with Crippen LogP contribution in [0.25, 0.3) is 16.6 Å². The van der Waals surface area contributed by atoms with Crippen LogP contribution in [0.4, 0.5) is 0 Å². The number of rotatable bonds is 6. The van der Waals surface area contributed by atoms with Gasteiger partial charge in [-0.2, -0.15) is 0 Å². The number of aryl methyl sites for hydroxylation is 1. The van der Waals surface area contributed by atoms with Crippen LogP contribution in [0.5, 0.6) is 0 Å². The summed E-state index contributed by atoms with van der Waals surface area (Å²) in [5.74, 6) is 0. The number of allylic oxidation sites excluding steroid dienone is 1. The molecule has 5 rings (SSSR count). The third-order valence-electron chi connectivity index (χ3n) is 7.02. The lowest BCUT2D eigenvalue weighted by atomic mass is 9.94. The van der Waals surface area contributed by atoms with Gasteiger partial charge in [0.05, 0.1) is 10.5 Å². The molecule has 0 bridgehead atoms. The molecule has 0 amide bonds. The van der Waals surface area contributed by atoms with Crippen molar-refractivity contribution < 1.29 is 0 Å². The Bertz CT molecular complexity index is 1120. The molecule has 4 nitrogen and oxygen atoms in total. The van der Waals surface area contributed by atoms with E-state index in [4.69, 9.17) is 16.6 Å². The Morgan fingerprint density at radius 3 is 2.34 bits per heavy atom. The Morgan fingerprint density at radius 2 is 1.69 bits per heavy atom. The normalized spacial score (nSPS) is 15.3. The third kappa shape index (κ3) is 6.24. The molecule has 0 unspecified atom stereocenters. The highest BCUT2D eigenvalue weighted by atomic mass is 35.5. The van der Waals surface area contributed by atoms with Crippen LogP contribution in [0, 0.1) is 0 Å². The molecule has 2 aromatic heterocycles. The summed E-state index contributed by atoms with van der Waals surface area (Å²) < 4.78 is 0. The highest BCUT2D eigenvalue weighted by Gasteiger charge is 2.21. The molecule has 1 aliphatic carbocycles. The number of halogens is 1. The number of benzene rings is 1. The number of piperazine rings is 1. The van der Waals surface area contributed by atoms with Gasteiger partial charge in [0.15, 0.2) is 0 Å². The van der Waals surface area contributed by atoms with Crippen molar-refractivity contribution in [2.24, 2.45) is 0 Å². The van der Waals surface area contributed by atoms with Crippen molar-refractivity contribution in [3.05, 3.63) is 89.5 Å². The van der Waals surface area contributed by atoms with Crippen LogP contribution in [0.15, 0.2) is 67.6 Å². The average molecular weight is 489 g/mol. The van der Waals surface area contributed by atoms with E-state index in [9.17, 15) is 0 Å². The first-order valence-corrected chi connectivity index (χ1v) is 13.3. The fourth-order valence-corrected chi connectivity index (χ4v) is 5.24. The molecule has 0 saturated carbocycles. The second kappa shape index (κ2) is 12.2. The Balaban J connectivity index is 0.000000421. The average Bonchev–Trinajstić information content (AvgIpc) is 2.92. The maximum Gasteiger partial charge on any atom is 0.0727 e. The molecule has 1 aromatic carbocycles. The van der Waals surface area contributed by atoms with Crippen LogP contribution in [-0.2, 0) is 12.8 Å². The van der Waals surface area contributed by atoms with Gasteiger partial charge in [-0.3, -0.25) is 9.97 Å². The van der Waals surface area contributed by atoms with Gasteiger partial charge >= 0.3 is 0 Å². The van der Waals surface area contributed by atoms with Gasteiger partial charge in [0, 0.05) is 61.0 Å². The van der Waals surface area contributed by atoms with Gasteiger partial charge in [0.25, 0.3) is 0 Å². The zero-order chi connectivity index (χ0) is 24.6. The molecule has 184 valence electrons. The predicted molar refractivity (Wildman–Crippen MR) is 148 cm³/mol. The number of fused-ring (bicyclic) bond motifs is 2. The summed E-state index contributed by atoms with van der Waals surface area (Å²) >= 11 is 6.74. The monoisotopic (exact) mass is 488 g/mol. The zero-order valence-corrected chi connectivity index (χ0v) is 21.7. The molecule has 0 atom stereocenters. The number of unbranched alkanes of at least 4 members (excludes halogenated alkanes) is 1. The molecule has 2 aliphatic rings. The maximum absolute atomic E-state index is 6.74. The molecule has 0 radical (unpaired) electrons. The molecular weight excluding hydrogens is 452 g/mol. The smallest absolute Gasteiger partial charge is 0.0727 e. The minimum atomic E-state index is 0.904. The van der Waals surface area contributed by atoms with Gasteiger partial charge in [-0.25, -0.2) is 0 Å². The van der Waals surface area contributed by atoms with Crippen LogP contribution in [0.2, 0.25) is 5.02 Å². The minimum absolute atomic E-state index is 0.904. The molecule has 5 heteroatoms. The van der Waals surface area contributed by atoms with Crippen LogP contribution in [0.1, 0.15) is 55.8 Å². The lowest BCUT2D eigenvalue weighted by molar-refractivity contribution is 0.209. The number of nitrogens with zero attached hydrogens (tertiary/aromatic N) is 4. The van der Waals surface area contributed by atoms with Crippen LogP contribution >= 0.6 is 11.6 Å². The first kappa shape index (κ1) is 25.2. The topological polar surface area (TPSA) is 32.3 Å². The molecule has 35 heavy (non-hydrogen) atoms. The molecule has 3 heterocycles. The lowest BCUT2D eigenvalue weighted by Gasteiger charge is -2.39. The Labute approximate surface area is 215 Å². The Hall–Kier alpha value is -2.85. The highest BCUT2D eigenvalue weighted by Crippen LogP contribution is 2.34. The summed E-state index contributed by atoms with van der Waals surface area (Å²) in [5.41, 5.74) is 6.97. The van der Waals surface area contributed by atoms with E-state index in [1.54, 1.807) is 12.4 Å². The third-order valence-corrected chi connectivity index (χ3v) is 7.45. The molecule has 3 aromatic rings. The second-order valence-corrected chi connectivity index (χ2v) is 9.78. The molecule has 1 aliphatic heterocycles. The highest BCUT2D eigenvalue weighted by molar-refractivity contribution is 6.36. The van der Waals surface area contributed by atoms with E-state index in [1.807, 2.05) is 18.2 Å². The molecule has 0 spiro atoms. The van der Waals surface area contributed by atoms with Crippen molar-refractivity contribution in [2.75, 3.05) is 26.2 Å². The van der Waals surface area contributed by atoms with Gasteiger partial charge < -0.3 is 9.80 Å². The molecule has 1 fully saturated rings. The van der Waals surface area contributed by atoms with Crippen LogP contribution in [0.3, 0.4) is 0 Å². The summed E-state index contributed by atoms with van der Waals surface area (Å²) in [4.78, 5) is 13.6. The number of hydrogen-bond donors (Lipinski definition) is 0. The van der Waals surface area contributed by atoms with Gasteiger partial charge in [0.1, 0.15) is 0 Å². The lowest BCUT2D eigenvalue weighted by Crippen LogP contribution is -2.44. The summed E-state index contributed by atoms with van der Waals surface area (Å²) in [6, 6.07) is 12.2. The van der Waals surface area contributed by atoms with Crippen LogP contribution < -0.4 is 0 Å². The van der Waals surface area contributed by atoms with E-state index in [-0.39, 0.29) is 0 Å². The van der Waals surface area contributed by atoms with Crippen molar-refractivity contribution >= 4 is 28.2 Å². The van der Waals surface area contributed by atoms with Crippen molar-refractivity contribution in [3.8, 4) is 0 Å². The van der Waals surface area contributed by atoms with Gasteiger partial charge in [-0.15, -0.1) is 0 Å². The van der Waals surface area contributed by atoms with E-state index in [0.29, 0.717) is 0 Å². The fourth-order valence-electron chi connectivity index (χ4n) is 4.87. The first-order valence-electron chi connectivity index (χ1n) is 12.9. The fraction of sp³-hybridized carbons (Fsp3) is 0.400. The summed E-state index contributed by atoms with van der Waals surface area (Å²) in [5, 5.41) is 1.97. The first-order chi connectivity index (χ1) is 17.1. The van der Waals surface area contributed by atoms with Crippen molar-refractivity contribution in [2.45, 2.75) is 51.9 Å². The van der Waals surface area contributed by atoms with E-state index >= 15 is 0 Å². The quantitative estimate of drug-likeness (QED) is 0.369. The van der Waals surface area contributed by atoms with E-state index < -0.39 is 0 Å². The molecule has 0 N–H and O–H groups in total. The predicted octanol–water partition coefficient (Wildman–Crippen LogP) is 7.14. The second-order valence-electron chi connectivity index (χ2n) is 9.41. The Morgan fingerprint density at radius 1 is 0.971 bits per heavy atom. The molecular formula is C30H37ClN4. The van der Waals surface area contributed by atoms with E-state index in [2.05, 4.69) is 53.1 Å². The largest absolute Gasteiger partial charge is 0.372 e. The SMILES string of the molecule is C=C(CCCC)N1CCN(C(=C)c2ccc3c(Cl)c4c(nc3c2)CCCC4)CC1.c1ccncc1. The standard InChI is InChI=1S/C25H32ClN3.C5H5N/c1-4-5-8-18(2)28-13-15-29(16-14-28)19(3)20-11-12-22-24(17-20)27-23-10-7-6-9-21(23)25(22)26;1-2-4-6-5-3-1/h11-12,17H,2-10,13-16H2,1H3;1-5H. The van der Waals surface area contributed by atoms with Crippen molar-refractivity contribution in [3.63, 3.8) is 0 Å². The van der Waals surface area contributed by atoms with Crippen molar-refractivity contribution in [1.82, 2.24) is 19.8 Å². The summed E-state index contributed by atoms with van der Waals surface area (Å²) in [7, 11) is 0.